The van der Waals surface area contributed by atoms with E-state index in [4.69, 9.17) is 4.74 Å². The number of hydrogen-bond donors (Lipinski definition) is 0. The predicted molar refractivity (Wildman–Crippen MR) is 65.0 cm³/mol. The second kappa shape index (κ2) is 4.84. The monoisotopic (exact) mass is 270 g/mol. The quantitative estimate of drug-likeness (QED) is 0.790. The zero-order valence-corrected chi connectivity index (χ0v) is 10.4. The van der Waals surface area contributed by atoms with Crippen LogP contribution in [0.2, 0.25) is 0 Å². The second-order valence-corrected chi connectivity index (χ2v) is 4.35. The number of nitrogens with zero attached hydrogens (tertiary/aromatic N) is 2. The van der Waals surface area contributed by atoms with Crippen molar-refractivity contribution in [1.29, 1.82) is 0 Å². The molecule has 82 valence electrons. The summed E-state index contributed by atoms with van der Waals surface area (Å²) < 4.78 is 5.13. The zero-order chi connectivity index (χ0) is 10.7. The van der Waals surface area contributed by atoms with E-state index in [1.807, 2.05) is 12.1 Å². The van der Waals surface area contributed by atoms with Gasteiger partial charge in [-0.3, -0.25) is 0 Å². The van der Waals surface area contributed by atoms with Gasteiger partial charge in [0.1, 0.15) is 0 Å². The molecule has 0 bridgehead atoms. The SMILES string of the molecule is COc1cc(N2CCCC2CBr)ccn1. The van der Waals surface area contributed by atoms with Crippen molar-refractivity contribution >= 4 is 21.6 Å². The summed E-state index contributed by atoms with van der Waals surface area (Å²) >= 11 is 3.56. The van der Waals surface area contributed by atoms with E-state index in [9.17, 15) is 0 Å². The molecule has 0 aliphatic carbocycles. The molecule has 1 aliphatic heterocycles. The highest BCUT2D eigenvalue weighted by atomic mass is 79.9. The number of anilines is 1. The lowest BCUT2D eigenvalue weighted by Crippen LogP contribution is -2.30. The average Bonchev–Trinajstić information content (AvgIpc) is 2.77. The van der Waals surface area contributed by atoms with Crippen molar-refractivity contribution in [3.05, 3.63) is 18.3 Å². The lowest BCUT2D eigenvalue weighted by molar-refractivity contribution is 0.398. The van der Waals surface area contributed by atoms with Gasteiger partial charge in [0.2, 0.25) is 5.88 Å². The molecule has 15 heavy (non-hydrogen) atoms. The third-order valence-electron chi connectivity index (χ3n) is 2.81. The molecule has 1 aromatic rings. The van der Waals surface area contributed by atoms with Crippen LogP contribution in [0.1, 0.15) is 12.8 Å². The molecule has 0 amide bonds. The molecule has 3 nitrogen and oxygen atoms in total. The molecular weight excluding hydrogens is 256 g/mol. The van der Waals surface area contributed by atoms with Crippen LogP contribution < -0.4 is 9.64 Å². The van der Waals surface area contributed by atoms with Gasteiger partial charge in [-0.25, -0.2) is 4.98 Å². The van der Waals surface area contributed by atoms with E-state index in [1.54, 1.807) is 13.3 Å². The van der Waals surface area contributed by atoms with E-state index < -0.39 is 0 Å². The first kappa shape index (κ1) is 10.7. The van der Waals surface area contributed by atoms with Gasteiger partial charge >= 0.3 is 0 Å². The third-order valence-corrected chi connectivity index (χ3v) is 3.56. The van der Waals surface area contributed by atoms with Crippen LogP contribution in [0.3, 0.4) is 0 Å². The summed E-state index contributed by atoms with van der Waals surface area (Å²) in [4.78, 5) is 6.54. The molecule has 1 fully saturated rings. The fourth-order valence-electron chi connectivity index (χ4n) is 2.03. The maximum Gasteiger partial charge on any atom is 0.214 e. The topological polar surface area (TPSA) is 25.4 Å². The van der Waals surface area contributed by atoms with Crippen LogP contribution in [0, 0.1) is 0 Å². The summed E-state index contributed by atoms with van der Waals surface area (Å²) in [5.74, 6) is 0.688. The first-order valence-electron chi connectivity index (χ1n) is 5.18. The maximum absolute atomic E-state index is 5.13. The van der Waals surface area contributed by atoms with E-state index >= 15 is 0 Å². The van der Waals surface area contributed by atoms with Crippen LogP contribution in [0.15, 0.2) is 18.3 Å². The number of halogens is 1. The van der Waals surface area contributed by atoms with Crippen LogP contribution in [0.25, 0.3) is 0 Å². The molecule has 0 aromatic carbocycles. The Morgan fingerprint density at radius 2 is 2.53 bits per heavy atom. The Hall–Kier alpha value is -0.770. The Kier molecular flexibility index (Phi) is 3.46. The molecule has 1 saturated heterocycles. The van der Waals surface area contributed by atoms with Crippen LogP contribution >= 0.6 is 15.9 Å². The number of alkyl halides is 1. The van der Waals surface area contributed by atoms with Crippen molar-refractivity contribution in [3.63, 3.8) is 0 Å². The Bertz CT molecular complexity index is 332. The lowest BCUT2D eigenvalue weighted by Gasteiger charge is -2.25. The van der Waals surface area contributed by atoms with Gasteiger partial charge in [-0.1, -0.05) is 15.9 Å². The Morgan fingerprint density at radius 1 is 1.67 bits per heavy atom. The number of rotatable bonds is 3. The van der Waals surface area contributed by atoms with E-state index in [0.29, 0.717) is 11.9 Å². The normalized spacial score (nSPS) is 20.7. The molecule has 1 aliphatic rings. The third kappa shape index (κ3) is 2.25. The fourth-order valence-corrected chi connectivity index (χ4v) is 2.70. The molecule has 0 spiro atoms. The zero-order valence-electron chi connectivity index (χ0n) is 8.82. The Balaban J connectivity index is 2.20. The van der Waals surface area contributed by atoms with E-state index in [0.717, 1.165) is 11.9 Å². The fraction of sp³-hybridized carbons (Fsp3) is 0.545. The molecule has 1 atom stereocenters. The first-order chi connectivity index (χ1) is 7.35. The van der Waals surface area contributed by atoms with Gasteiger partial charge in [0.25, 0.3) is 0 Å². The molecular formula is C11H15BrN2O. The highest BCUT2D eigenvalue weighted by molar-refractivity contribution is 9.09. The standard InChI is InChI=1S/C11H15BrN2O/c1-15-11-7-9(4-5-13-11)14-6-2-3-10(14)8-12/h4-5,7,10H,2-3,6,8H2,1H3. The van der Waals surface area contributed by atoms with Crippen LogP contribution in [-0.2, 0) is 0 Å². The number of hydrogen-bond acceptors (Lipinski definition) is 3. The lowest BCUT2D eigenvalue weighted by atomic mass is 10.2. The maximum atomic E-state index is 5.13. The summed E-state index contributed by atoms with van der Waals surface area (Å²) in [6.07, 6.45) is 4.33. The minimum Gasteiger partial charge on any atom is -0.481 e. The number of aromatic nitrogens is 1. The van der Waals surface area contributed by atoms with Gasteiger partial charge in [-0.05, 0) is 18.9 Å². The minimum absolute atomic E-state index is 0.608. The van der Waals surface area contributed by atoms with Crippen molar-refractivity contribution in [1.82, 2.24) is 4.98 Å². The van der Waals surface area contributed by atoms with Crippen molar-refractivity contribution in [2.45, 2.75) is 18.9 Å². The summed E-state index contributed by atoms with van der Waals surface area (Å²) in [5, 5.41) is 1.03. The van der Waals surface area contributed by atoms with Gasteiger partial charge in [0.15, 0.2) is 0 Å². The van der Waals surface area contributed by atoms with Crippen molar-refractivity contribution in [2.75, 3.05) is 23.9 Å². The van der Waals surface area contributed by atoms with Crippen LogP contribution in [-0.4, -0.2) is 30.0 Å². The minimum atomic E-state index is 0.608. The Morgan fingerprint density at radius 3 is 3.27 bits per heavy atom. The highest BCUT2D eigenvalue weighted by Crippen LogP contribution is 2.27. The second-order valence-electron chi connectivity index (χ2n) is 3.70. The number of ether oxygens (including phenoxy) is 1. The largest absolute Gasteiger partial charge is 0.481 e. The van der Waals surface area contributed by atoms with Crippen molar-refractivity contribution < 1.29 is 4.74 Å². The van der Waals surface area contributed by atoms with E-state index in [2.05, 4.69) is 25.8 Å². The number of methoxy groups -OCH3 is 1. The molecule has 1 unspecified atom stereocenters. The van der Waals surface area contributed by atoms with Gasteiger partial charge in [-0.2, -0.15) is 0 Å². The molecule has 0 saturated carbocycles. The summed E-state index contributed by atoms with van der Waals surface area (Å²) in [6.45, 7) is 1.13. The molecule has 0 N–H and O–H groups in total. The molecule has 0 radical (unpaired) electrons. The average molecular weight is 271 g/mol. The van der Waals surface area contributed by atoms with Gasteiger partial charge in [0.05, 0.1) is 7.11 Å². The smallest absolute Gasteiger partial charge is 0.214 e. The van der Waals surface area contributed by atoms with Gasteiger partial charge < -0.3 is 9.64 Å². The van der Waals surface area contributed by atoms with E-state index in [1.165, 1.54) is 18.5 Å². The van der Waals surface area contributed by atoms with E-state index in [-0.39, 0.29) is 0 Å². The molecule has 2 heterocycles. The molecule has 1 aromatic heterocycles. The summed E-state index contributed by atoms with van der Waals surface area (Å²) in [7, 11) is 1.65. The van der Waals surface area contributed by atoms with Gasteiger partial charge in [0, 0.05) is 35.9 Å². The molecule has 4 heteroatoms. The van der Waals surface area contributed by atoms with Crippen molar-refractivity contribution in [3.8, 4) is 5.88 Å². The van der Waals surface area contributed by atoms with Crippen LogP contribution in [0.5, 0.6) is 5.88 Å². The van der Waals surface area contributed by atoms with Gasteiger partial charge in [-0.15, -0.1) is 0 Å². The highest BCUT2D eigenvalue weighted by Gasteiger charge is 2.23. The Labute approximate surface area is 98.6 Å². The number of pyridine rings is 1. The first-order valence-corrected chi connectivity index (χ1v) is 6.30. The predicted octanol–water partition coefficient (Wildman–Crippen LogP) is 2.45. The summed E-state index contributed by atoms with van der Waals surface area (Å²) in [6, 6.07) is 4.65. The van der Waals surface area contributed by atoms with Crippen LogP contribution in [0.4, 0.5) is 5.69 Å². The summed E-state index contributed by atoms with van der Waals surface area (Å²) in [5.41, 5.74) is 1.21. The molecule has 2 rings (SSSR count). The van der Waals surface area contributed by atoms with Crippen molar-refractivity contribution in [2.24, 2.45) is 0 Å².